The van der Waals surface area contributed by atoms with Crippen LogP contribution in [0.2, 0.25) is 0 Å². The van der Waals surface area contributed by atoms with Crippen molar-refractivity contribution in [3.05, 3.63) is 0 Å². The summed E-state index contributed by atoms with van der Waals surface area (Å²) < 4.78 is 0. The molecule has 0 fully saturated rings. The van der Waals surface area contributed by atoms with Crippen LogP contribution in [-0.4, -0.2) is 25.7 Å². The molecule has 0 aliphatic carbocycles. The molecule has 0 spiro atoms. The van der Waals surface area contributed by atoms with Gasteiger partial charge in [-0.05, 0) is 26.3 Å². The highest BCUT2D eigenvalue weighted by molar-refractivity contribution is 4.58. The maximum atomic E-state index is 3.47. The fourth-order valence-corrected chi connectivity index (χ4v) is 1.35. The Morgan fingerprint density at radius 1 is 0.929 bits per heavy atom. The molecule has 0 aliphatic heterocycles. The second-order valence-corrected chi connectivity index (χ2v) is 4.07. The Hall–Kier alpha value is -0.0800. The molecule has 0 amide bonds. The molecule has 0 bridgehead atoms. The molecule has 2 heteroatoms. The van der Waals surface area contributed by atoms with E-state index in [1.165, 1.54) is 38.6 Å². The van der Waals surface area contributed by atoms with Gasteiger partial charge in [0.25, 0.3) is 0 Å². The topological polar surface area (TPSA) is 24.1 Å². The third-order valence-electron chi connectivity index (χ3n) is 2.61. The average molecular weight is 200 g/mol. The minimum absolute atomic E-state index is 0.664. The van der Waals surface area contributed by atoms with E-state index in [-0.39, 0.29) is 0 Å². The number of hydrogen-bond donors (Lipinski definition) is 2. The predicted octanol–water partition coefficient (Wildman–Crippen LogP) is 2.54. The minimum atomic E-state index is 0.664. The molecular formula is C12H28N2. The Balaban J connectivity index is 2.92. The number of rotatable bonds is 10. The van der Waals surface area contributed by atoms with E-state index in [0.29, 0.717) is 6.04 Å². The van der Waals surface area contributed by atoms with Crippen LogP contribution in [0.4, 0.5) is 0 Å². The summed E-state index contributed by atoms with van der Waals surface area (Å²) in [6.07, 6.45) is 6.64. The quantitative estimate of drug-likeness (QED) is 0.530. The van der Waals surface area contributed by atoms with Gasteiger partial charge in [-0.1, -0.05) is 33.1 Å². The molecule has 2 N–H and O–H groups in total. The van der Waals surface area contributed by atoms with Crippen molar-refractivity contribution in [2.45, 2.75) is 58.9 Å². The zero-order valence-corrected chi connectivity index (χ0v) is 10.2. The minimum Gasteiger partial charge on any atom is -0.315 e. The van der Waals surface area contributed by atoms with Gasteiger partial charge in [0.15, 0.2) is 0 Å². The van der Waals surface area contributed by atoms with Gasteiger partial charge in [0.05, 0.1) is 0 Å². The average Bonchev–Trinajstić information content (AvgIpc) is 2.21. The van der Waals surface area contributed by atoms with E-state index in [2.05, 4.69) is 31.4 Å². The summed E-state index contributed by atoms with van der Waals surface area (Å²) in [4.78, 5) is 0. The van der Waals surface area contributed by atoms with Crippen LogP contribution >= 0.6 is 0 Å². The molecule has 0 saturated heterocycles. The predicted molar refractivity (Wildman–Crippen MR) is 64.8 cm³/mol. The lowest BCUT2D eigenvalue weighted by Gasteiger charge is -2.11. The summed E-state index contributed by atoms with van der Waals surface area (Å²) in [6, 6.07) is 0.664. The summed E-state index contributed by atoms with van der Waals surface area (Å²) in [5.74, 6) is 0. The molecule has 0 aromatic carbocycles. The van der Waals surface area contributed by atoms with Crippen LogP contribution in [0.1, 0.15) is 52.9 Å². The standard InChI is InChI=1S/C12H28N2/c1-4-6-7-8-9-13-10-11-14-12(3)5-2/h12-14H,4-11H2,1-3H3/t12-/m0/s1. The second-order valence-electron chi connectivity index (χ2n) is 4.07. The third kappa shape index (κ3) is 10.0. The molecule has 0 aromatic rings. The molecule has 0 unspecified atom stereocenters. The molecule has 1 atom stereocenters. The van der Waals surface area contributed by atoms with Crippen molar-refractivity contribution in [1.82, 2.24) is 10.6 Å². The van der Waals surface area contributed by atoms with Gasteiger partial charge < -0.3 is 10.6 Å². The van der Waals surface area contributed by atoms with Gasteiger partial charge in [-0.25, -0.2) is 0 Å². The summed E-state index contributed by atoms with van der Waals surface area (Å²) in [5, 5.41) is 6.93. The third-order valence-corrected chi connectivity index (χ3v) is 2.61. The Morgan fingerprint density at radius 2 is 1.71 bits per heavy atom. The molecule has 14 heavy (non-hydrogen) atoms. The number of unbranched alkanes of at least 4 members (excludes halogenated alkanes) is 3. The molecule has 0 heterocycles. The van der Waals surface area contributed by atoms with E-state index in [1.54, 1.807) is 0 Å². The summed E-state index contributed by atoms with van der Waals surface area (Å²) in [6.45, 7) is 10.1. The first-order valence-electron chi connectivity index (χ1n) is 6.25. The van der Waals surface area contributed by atoms with Crippen LogP contribution in [-0.2, 0) is 0 Å². The van der Waals surface area contributed by atoms with Crippen LogP contribution in [0, 0.1) is 0 Å². The number of hydrogen-bond acceptors (Lipinski definition) is 2. The van der Waals surface area contributed by atoms with E-state index in [4.69, 9.17) is 0 Å². The lowest BCUT2D eigenvalue weighted by molar-refractivity contribution is 0.510. The van der Waals surface area contributed by atoms with Gasteiger partial charge in [-0.15, -0.1) is 0 Å². The maximum absolute atomic E-state index is 3.47. The Morgan fingerprint density at radius 3 is 2.36 bits per heavy atom. The van der Waals surface area contributed by atoms with E-state index in [9.17, 15) is 0 Å². The van der Waals surface area contributed by atoms with E-state index in [0.717, 1.165) is 13.1 Å². The lowest BCUT2D eigenvalue weighted by Crippen LogP contribution is -2.33. The molecule has 0 rings (SSSR count). The highest BCUT2D eigenvalue weighted by Crippen LogP contribution is 1.96. The first-order chi connectivity index (χ1) is 6.81. The molecule has 0 saturated carbocycles. The smallest absolute Gasteiger partial charge is 0.00792 e. The highest BCUT2D eigenvalue weighted by Gasteiger charge is 1.95. The zero-order valence-electron chi connectivity index (χ0n) is 10.2. The van der Waals surface area contributed by atoms with Crippen molar-refractivity contribution in [3.63, 3.8) is 0 Å². The van der Waals surface area contributed by atoms with Gasteiger partial charge in [-0.2, -0.15) is 0 Å². The normalized spacial score (nSPS) is 13.1. The van der Waals surface area contributed by atoms with Gasteiger partial charge >= 0.3 is 0 Å². The van der Waals surface area contributed by atoms with Crippen molar-refractivity contribution >= 4 is 0 Å². The van der Waals surface area contributed by atoms with Gasteiger partial charge in [0.2, 0.25) is 0 Å². The fraction of sp³-hybridized carbons (Fsp3) is 1.00. The molecule has 0 radical (unpaired) electrons. The van der Waals surface area contributed by atoms with Crippen molar-refractivity contribution in [2.75, 3.05) is 19.6 Å². The largest absolute Gasteiger partial charge is 0.315 e. The van der Waals surface area contributed by atoms with E-state index < -0.39 is 0 Å². The van der Waals surface area contributed by atoms with Crippen LogP contribution in [0.25, 0.3) is 0 Å². The van der Waals surface area contributed by atoms with Gasteiger partial charge in [0.1, 0.15) is 0 Å². The van der Waals surface area contributed by atoms with Crippen molar-refractivity contribution in [2.24, 2.45) is 0 Å². The lowest BCUT2D eigenvalue weighted by atomic mass is 10.2. The summed E-state index contributed by atoms with van der Waals surface area (Å²) in [7, 11) is 0. The molecule has 86 valence electrons. The molecule has 0 aliphatic rings. The zero-order chi connectivity index (χ0) is 10.6. The first kappa shape index (κ1) is 13.9. The molecule has 0 aromatic heterocycles. The van der Waals surface area contributed by atoms with E-state index in [1.807, 2.05) is 0 Å². The van der Waals surface area contributed by atoms with Gasteiger partial charge in [-0.3, -0.25) is 0 Å². The van der Waals surface area contributed by atoms with Crippen LogP contribution < -0.4 is 10.6 Å². The Bertz CT molecular complexity index is 104. The Labute approximate surface area is 89.9 Å². The highest BCUT2D eigenvalue weighted by atomic mass is 15.0. The van der Waals surface area contributed by atoms with Gasteiger partial charge in [0, 0.05) is 19.1 Å². The Kier molecular flexibility index (Phi) is 10.9. The summed E-state index contributed by atoms with van der Waals surface area (Å²) >= 11 is 0. The molecular weight excluding hydrogens is 172 g/mol. The SMILES string of the molecule is CCCCCCNCCN[C@@H](C)CC. The van der Waals surface area contributed by atoms with Crippen molar-refractivity contribution < 1.29 is 0 Å². The van der Waals surface area contributed by atoms with Crippen LogP contribution in [0.15, 0.2) is 0 Å². The second kappa shape index (κ2) is 11.0. The molecule has 2 nitrogen and oxygen atoms in total. The monoisotopic (exact) mass is 200 g/mol. The van der Waals surface area contributed by atoms with Crippen LogP contribution in [0.3, 0.4) is 0 Å². The maximum Gasteiger partial charge on any atom is 0.00792 e. The fourth-order valence-electron chi connectivity index (χ4n) is 1.35. The van der Waals surface area contributed by atoms with Crippen molar-refractivity contribution in [1.29, 1.82) is 0 Å². The summed E-state index contributed by atoms with van der Waals surface area (Å²) in [5.41, 5.74) is 0. The van der Waals surface area contributed by atoms with E-state index >= 15 is 0 Å². The van der Waals surface area contributed by atoms with Crippen molar-refractivity contribution in [3.8, 4) is 0 Å². The number of nitrogens with one attached hydrogen (secondary N) is 2. The van der Waals surface area contributed by atoms with Crippen LogP contribution in [0.5, 0.6) is 0 Å². The first-order valence-corrected chi connectivity index (χ1v) is 6.25.